The molecule has 9 nitrogen and oxygen atoms in total. The molecular weight excluding hydrogens is 521 g/mol. The van der Waals surface area contributed by atoms with Crippen molar-refractivity contribution in [2.45, 2.75) is 148 Å². The molecule has 0 aliphatic rings. The first-order chi connectivity index (χ1) is 18.8. The van der Waals surface area contributed by atoms with E-state index >= 15 is 0 Å². The molecule has 2 unspecified atom stereocenters. The number of unbranched alkanes of at least 4 members (excludes halogenated alkanes) is 16. The summed E-state index contributed by atoms with van der Waals surface area (Å²) in [4.78, 5) is 33.4. The van der Waals surface area contributed by atoms with Crippen molar-refractivity contribution >= 4 is 19.7 Å². The van der Waals surface area contributed by atoms with E-state index in [1.807, 2.05) is 0 Å². The topological polar surface area (TPSA) is 131 Å². The third-order valence-corrected chi connectivity index (χ3v) is 7.52. The van der Waals surface area contributed by atoms with Gasteiger partial charge in [0.15, 0.2) is 0 Å². The van der Waals surface area contributed by atoms with Gasteiger partial charge < -0.3 is 20.1 Å². The summed E-state index contributed by atoms with van der Waals surface area (Å²) in [5.74, 6) is -0.520. The zero-order chi connectivity index (χ0) is 29.0. The molecule has 0 radical (unpaired) electrons. The smallest absolute Gasteiger partial charge is 0.463 e. The van der Waals surface area contributed by atoms with Crippen LogP contribution < -0.4 is 5.32 Å². The quantitative estimate of drug-likeness (QED) is 0.0491. The highest BCUT2D eigenvalue weighted by Gasteiger charge is 2.23. The van der Waals surface area contributed by atoms with E-state index in [0.717, 1.165) is 38.5 Å². The predicted octanol–water partition coefficient (Wildman–Crippen LogP) is 6.98. The maximum atomic E-state index is 11.9. The fraction of sp³-hybridized carbons (Fsp3) is 0.931. The van der Waals surface area contributed by atoms with E-state index < -0.39 is 26.5 Å². The van der Waals surface area contributed by atoms with E-state index in [0.29, 0.717) is 6.42 Å². The average molecular weight is 580 g/mol. The number of carbonyl (C=O) groups excluding carboxylic acids is 2. The van der Waals surface area contributed by atoms with Crippen LogP contribution in [-0.2, 0) is 27.9 Å². The van der Waals surface area contributed by atoms with Crippen molar-refractivity contribution in [1.29, 1.82) is 0 Å². The van der Waals surface area contributed by atoms with Crippen LogP contribution in [0.1, 0.15) is 142 Å². The summed E-state index contributed by atoms with van der Waals surface area (Å²) in [5, 5.41) is 12.5. The molecule has 0 aliphatic carbocycles. The van der Waals surface area contributed by atoms with E-state index in [1.54, 1.807) is 0 Å². The van der Waals surface area contributed by atoms with E-state index in [2.05, 4.69) is 19.2 Å². The largest absolute Gasteiger partial charge is 0.472 e. The maximum absolute atomic E-state index is 11.9. The van der Waals surface area contributed by atoms with Gasteiger partial charge in [-0.05, 0) is 12.8 Å². The molecular formula is C29H58NO8P. The first-order valence-corrected chi connectivity index (χ1v) is 17.0. The van der Waals surface area contributed by atoms with Gasteiger partial charge in [0.2, 0.25) is 5.91 Å². The molecule has 0 heterocycles. The minimum atomic E-state index is -4.39. The van der Waals surface area contributed by atoms with Gasteiger partial charge in [-0.25, -0.2) is 4.57 Å². The number of rotatable bonds is 29. The molecule has 0 saturated heterocycles. The van der Waals surface area contributed by atoms with Crippen LogP contribution in [0.3, 0.4) is 0 Å². The van der Waals surface area contributed by atoms with Crippen molar-refractivity contribution in [2.24, 2.45) is 0 Å². The van der Waals surface area contributed by atoms with Gasteiger partial charge in [0.05, 0.1) is 13.2 Å². The van der Waals surface area contributed by atoms with Crippen LogP contribution in [0, 0.1) is 0 Å². The Morgan fingerprint density at radius 1 is 0.692 bits per heavy atom. The summed E-state index contributed by atoms with van der Waals surface area (Å²) in [6, 6.07) is 0. The summed E-state index contributed by atoms with van der Waals surface area (Å²) >= 11 is 0. The van der Waals surface area contributed by atoms with Crippen molar-refractivity contribution < 1.29 is 37.9 Å². The molecule has 0 bridgehead atoms. The van der Waals surface area contributed by atoms with Crippen molar-refractivity contribution in [3.05, 3.63) is 0 Å². The molecule has 232 valence electrons. The molecule has 0 spiro atoms. The lowest BCUT2D eigenvalue weighted by Crippen LogP contribution is -2.27. The lowest BCUT2D eigenvalue weighted by atomic mass is 10.1. The number of ether oxygens (including phenoxy) is 1. The molecule has 0 aromatic carbocycles. The second kappa shape index (κ2) is 27.2. The highest BCUT2D eigenvalue weighted by atomic mass is 31.2. The zero-order valence-corrected chi connectivity index (χ0v) is 25.7. The molecule has 0 fully saturated rings. The van der Waals surface area contributed by atoms with Gasteiger partial charge in [0.25, 0.3) is 0 Å². The first kappa shape index (κ1) is 38.0. The third kappa shape index (κ3) is 28.3. The number of hydrogen-bond donors (Lipinski definition) is 3. The number of nitrogens with one attached hydrogen (secondary N) is 1. The monoisotopic (exact) mass is 579 g/mol. The van der Waals surface area contributed by atoms with Crippen LogP contribution in [0.15, 0.2) is 0 Å². The lowest BCUT2D eigenvalue weighted by Gasteiger charge is -2.15. The zero-order valence-electron chi connectivity index (χ0n) is 24.8. The minimum Gasteiger partial charge on any atom is -0.463 e. The molecule has 2 atom stereocenters. The Balaban J connectivity index is 3.67. The summed E-state index contributed by atoms with van der Waals surface area (Å²) in [7, 11) is -4.39. The molecule has 1 amide bonds. The van der Waals surface area contributed by atoms with Crippen LogP contribution >= 0.6 is 7.82 Å². The Morgan fingerprint density at radius 2 is 1.15 bits per heavy atom. The Hall–Kier alpha value is -0.990. The maximum Gasteiger partial charge on any atom is 0.472 e. The number of phosphoric acid groups is 1. The lowest BCUT2D eigenvalue weighted by molar-refractivity contribution is -0.147. The average Bonchev–Trinajstić information content (AvgIpc) is 2.91. The Labute approximate surface area is 237 Å². The highest BCUT2D eigenvalue weighted by molar-refractivity contribution is 7.47. The van der Waals surface area contributed by atoms with Crippen LogP contribution in [0.25, 0.3) is 0 Å². The van der Waals surface area contributed by atoms with Gasteiger partial charge >= 0.3 is 13.8 Å². The van der Waals surface area contributed by atoms with Gasteiger partial charge in [-0.3, -0.25) is 18.6 Å². The molecule has 0 aliphatic heterocycles. The van der Waals surface area contributed by atoms with Crippen LogP contribution in [0.2, 0.25) is 0 Å². The number of carbonyl (C=O) groups is 2. The number of esters is 1. The van der Waals surface area contributed by atoms with E-state index in [1.165, 1.54) is 77.0 Å². The molecule has 3 N–H and O–H groups in total. The Kier molecular flexibility index (Phi) is 26.5. The van der Waals surface area contributed by atoms with Crippen LogP contribution in [0.5, 0.6) is 0 Å². The standard InChI is InChI=1S/C29H58NO8P/c1-3-5-7-9-11-13-14-16-18-20-22-29(33)36-25-27(31)26-38-39(34,35)37-24-23-30-28(32)21-19-17-15-12-10-8-6-4-2/h27,31H,3-26H2,1-2H3,(H,30,32)(H,34,35). The summed E-state index contributed by atoms with van der Waals surface area (Å²) in [6.45, 7) is 3.48. The SMILES string of the molecule is CCCCCCCCCCCCC(=O)OCC(O)COP(=O)(O)OCCNC(=O)CCCCCCCCCC. The normalized spacial score (nSPS) is 13.6. The Bertz CT molecular complexity index is 634. The van der Waals surface area contributed by atoms with Crippen LogP contribution in [-0.4, -0.2) is 54.3 Å². The third-order valence-electron chi connectivity index (χ3n) is 6.54. The minimum absolute atomic E-state index is 0.0862. The number of aliphatic hydroxyl groups excluding tert-OH is 1. The summed E-state index contributed by atoms with van der Waals surface area (Å²) in [6.07, 6.45) is 20.4. The van der Waals surface area contributed by atoms with Gasteiger partial charge in [-0.2, -0.15) is 0 Å². The Morgan fingerprint density at radius 3 is 1.67 bits per heavy atom. The van der Waals surface area contributed by atoms with E-state index in [-0.39, 0.29) is 32.1 Å². The number of phosphoric ester groups is 1. The number of amides is 1. The number of hydrogen-bond acceptors (Lipinski definition) is 7. The van der Waals surface area contributed by atoms with Gasteiger partial charge in [0, 0.05) is 19.4 Å². The van der Waals surface area contributed by atoms with Crippen molar-refractivity contribution in [3.8, 4) is 0 Å². The van der Waals surface area contributed by atoms with Crippen molar-refractivity contribution in [3.63, 3.8) is 0 Å². The molecule has 10 heteroatoms. The first-order valence-electron chi connectivity index (χ1n) is 15.5. The number of aliphatic hydroxyl groups is 1. The van der Waals surface area contributed by atoms with Crippen molar-refractivity contribution in [1.82, 2.24) is 5.32 Å². The van der Waals surface area contributed by atoms with Crippen LogP contribution in [0.4, 0.5) is 0 Å². The molecule has 0 rings (SSSR count). The predicted molar refractivity (Wildman–Crippen MR) is 155 cm³/mol. The fourth-order valence-electron chi connectivity index (χ4n) is 4.14. The second-order valence-electron chi connectivity index (χ2n) is 10.4. The molecule has 0 aromatic rings. The molecule has 0 saturated carbocycles. The van der Waals surface area contributed by atoms with E-state index in [9.17, 15) is 24.2 Å². The van der Waals surface area contributed by atoms with Gasteiger partial charge in [-0.1, -0.05) is 117 Å². The fourth-order valence-corrected chi connectivity index (χ4v) is 4.90. The van der Waals surface area contributed by atoms with Crippen molar-refractivity contribution in [2.75, 3.05) is 26.4 Å². The second-order valence-corrected chi connectivity index (χ2v) is 11.9. The molecule has 0 aromatic heterocycles. The summed E-state index contributed by atoms with van der Waals surface area (Å²) in [5.41, 5.74) is 0. The van der Waals surface area contributed by atoms with E-state index in [4.69, 9.17) is 13.8 Å². The van der Waals surface area contributed by atoms with Gasteiger partial charge in [-0.15, -0.1) is 0 Å². The highest BCUT2D eigenvalue weighted by Crippen LogP contribution is 2.42. The van der Waals surface area contributed by atoms with Gasteiger partial charge in [0.1, 0.15) is 12.7 Å². The summed E-state index contributed by atoms with van der Waals surface area (Å²) < 4.78 is 26.5. The molecule has 39 heavy (non-hydrogen) atoms.